The Bertz CT molecular complexity index is 409. The number of hydrogen-bond acceptors (Lipinski definition) is 7. The first kappa shape index (κ1) is 24.4. The van der Waals surface area contributed by atoms with Gasteiger partial charge in [0.25, 0.3) is 0 Å². The molecule has 0 amide bonds. The van der Waals surface area contributed by atoms with Gasteiger partial charge in [0.15, 0.2) is 0 Å². The smallest absolute Gasteiger partial charge is 0.308 e. The molecule has 0 aliphatic carbocycles. The van der Waals surface area contributed by atoms with E-state index >= 15 is 0 Å². The standard InChI is InChI=1S/C19H34O7/c1-4-7-8-12-16(26-18(22)6-3)15(20)11-9-10-13-19(23)25-14-24-17(21)5-2/h15-16,20H,4-14H2,1-3H3. The van der Waals surface area contributed by atoms with Gasteiger partial charge in [-0.05, 0) is 25.7 Å². The van der Waals surface area contributed by atoms with Gasteiger partial charge >= 0.3 is 17.9 Å². The van der Waals surface area contributed by atoms with Crippen LogP contribution in [0.1, 0.15) is 85.0 Å². The van der Waals surface area contributed by atoms with Crippen LogP contribution in [-0.2, 0) is 28.6 Å². The van der Waals surface area contributed by atoms with Crippen LogP contribution in [0.25, 0.3) is 0 Å². The predicted molar refractivity (Wildman–Crippen MR) is 96.1 cm³/mol. The van der Waals surface area contributed by atoms with Gasteiger partial charge in [0.2, 0.25) is 6.79 Å². The summed E-state index contributed by atoms with van der Waals surface area (Å²) in [5, 5.41) is 10.3. The number of carbonyl (C=O) groups excluding carboxylic acids is 3. The predicted octanol–water partition coefficient (Wildman–Crippen LogP) is 3.26. The van der Waals surface area contributed by atoms with Crippen molar-refractivity contribution in [3.05, 3.63) is 0 Å². The van der Waals surface area contributed by atoms with Crippen molar-refractivity contribution < 1.29 is 33.7 Å². The zero-order valence-electron chi connectivity index (χ0n) is 16.3. The highest BCUT2D eigenvalue weighted by atomic mass is 16.7. The second kappa shape index (κ2) is 15.6. The fourth-order valence-corrected chi connectivity index (χ4v) is 2.32. The summed E-state index contributed by atoms with van der Waals surface area (Å²) in [6, 6.07) is 0. The Kier molecular flexibility index (Phi) is 14.6. The fraction of sp³-hybridized carbons (Fsp3) is 0.842. The van der Waals surface area contributed by atoms with E-state index < -0.39 is 24.1 Å². The van der Waals surface area contributed by atoms with Gasteiger partial charge in [-0.1, -0.05) is 40.0 Å². The lowest BCUT2D eigenvalue weighted by Crippen LogP contribution is -2.31. The van der Waals surface area contributed by atoms with E-state index in [4.69, 9.17) is 9.47 Å². The number of aliphatic hydroxyl groups is 1. The summed E-state index contributed by atoms with van der Waals surface area (Å²) in [5.41, 5.74) is 0. The Balaban J connectivity index is 4.04. The molecule has 0 aliphatic heterocycles. The minimum absolute atomic E-state index is 0.186. The van der Waals surface area contributed by atoms with E-state index in [0.717, 1.165) is 19.3 Å². The average Bonchev–Trinajstić information content (AvgIpc) is 2.63. The molecular weight excluding hydrogens is 340 g/mol. The van der Waals surface area contributed by atoms with Gasteiger partial charge in [0.1, 0.15) is 6.10 Å². The molecule has 7 heteroatoms. The van der Waals surface area contributed by atoms with E-state index in [9.17, 15) is 19.5 Å². The lowest BCUT2D eigenvalue weighted by atomic mass is 10.0. The van der Waals surface area contributed by atoms with Crippen molar-refractivity contribution >= 4 is 17.9 Å². The average molecular weight is 374 g/mol. The molecule has 0 fully saturated rings. The summed E-state index contributed by atoms with van der Waals surface area (Å²) in [5.74, 6) is -1.17. The van der Waals surface area contributed by atoms with Crippen molar-refractivity contribution in [3.8, 4) is 0 Å². The van der Waals surface area contributed by atoms with Crippen LogP contribution >= 0.6 is 0 Å². The van der Waals surface area contributed by atoms with E-state index in [2.05, 4.69) is 11.7 Å². The van der Waals surface area contributed by atoms with Gasteiger partial charge in [-0.3, -0.25) is 14.4 Å². The van der Waals surface area contributed by atoms with E-state index in [1.807, 2.05) is 0 Å². The number of carbonyl (C=O) groups is 3. The van der Waals surface area contributed by atoms with Crippen molar-refractivity contribution in [1.29, 1.82) is 0 Å². The topological polar surface area (TPSA) is 99.1 Å². The molecule has 0 heterocycles. The first-order valence-electron chi connectivity index (χ1n) is 9.63. The highest BCUT2D eigenvalue weighted by Gasteiger charge is 2.22. The quantitative estimate of drug-likeness (QED) is 0.267. The summed E-state index contributed by atoms with van der Waals surface area (Å²) < 4.78 is 14.8. The molecule has 2 unspecified atom stereocenters. The lowest BCUT2D eigenvalue weighted by molar-refractivity contribution is -0.167. The normalized spacial score (nSPS) is 12.9. The van der Waals surface area contributed by atoms with Crippen molar-refractivity contribution in [2.45, 2.75) is 97.2 Å². The van der Waals surface area contributed by atoms with Gasteiger partial charge in [-0.25, -0.2) is 0 Å². The summed E-state index contributed by atoms with van der Waals surface area (Å²) in [4.78, 5) is 33.9. The number of rotatable bonds is 15. The van der Waals surface area contributed by atoms with Gasteiger partial charge in [0, 0.05) is 19.3 Å². The fourth-order valence-electron chi connectivity index (χ4n) is 2.32. The Labute approximate surface area is 156 Å². The van der Waals surface area contributed by atoms with Gasteiger partial charge in [-0.15, -0.1) is 0 Å². The Morgan fingerprint density at radius 2 is 1.42 bits per heavy atom. The third-order valence-corrected chi connectivity index (χ3v) is 3.95. The second-order valence-electron chi connectivity index (χ2n) is 6.19. The molecular formula is C19H34O7. The van der Waals surface area contributed by atoms with Crippen LogP contribution < -0.4 is 0 Å². The number of esters is 3. The molecule has 0 saturated carbocycles. The van der Waals surface area contributed by atoms with Crippen molar-refractivity contribution in [2.75, 3.05) is 6.79 Å². The largest absolute Gasteiger partial charge is 0.460 e. The van der Waals surface area contributed by atoms with Crippen LogP contribution in [0.3, 0.4) is 0 Å². The summed E-state index contributed by atoms with van der Waals surface area (Å²) >= 11 is 0. The molecule has 0 aromatic heterocycles. The van der Waals surface area contributed by atoms with Crippen LogP contribution in [0.5, 0.6) is 0 Å². The van der Waals surface area contributed by atoms with Crippen molar-refractivity contribution in [1.82, 2.24) is 0 Å². The molecule has 0 saturated heterocycles. The molecule has 0 rings (SSSR count). The Hall–Kier alpha value is -1.63. The number of aliphatic hydroxyl groups excluding tert-OH is 1. The highest BCUT2D eigenvalue weighted by molar-refractivity contribution is 5.70. The van der Waals surface area contributed by atoms with Crippen LogP contribution in [0.2, 0.25) is 0 Å². The molecule has 1 N–H and O–H groups in total. The number of unbranched alkanes of at least 4 members (excludes halogenated alkanes) is 3. The van der Waals surface area contributed by atoms with E-state index in [1.165, 1.54) is 0 Å². The molecule has 152 valence electrons. The molecule has 0 spiro atoms. The minimum Gasteiger partial charge on any atom is -0.460 e. The lowest BCUT2D eigenvalue weighted by Gasteiger charge is -2.23. The molecule has 2 atom stereocenters. The Morgan fingerprint density at radius 3 is 2.04 bits per heavy atom. The summed E-state index contributed by atoms with van der Waals surface area (Å²) in [7, 11) is 0. The molecule has 7 nitrogen and oxygen atoms in total. The van der Waals surface area contributed by atoms with E-state index in [-0.39, 0.29) is 32.0 Å². The maximum atomic E-state index is 11.5. The molecule has 0 aromatic rings. The van der Waals surface area contributed by atoms with Gasteiger partial charge in [-0.2, -0.15) is 0 Å². The maximum absolute atomic E-state index is 11.5. The first-order chi connectivity index (χ1) is 12.4. The summed E-state index contributed by atoms with van der Waals surface area (Å²) in [6.45, 7) is 5.11. The minimum atomic E-state index is -0.733. The zero-order chi connectivity index (χ0) is 19.8. The van der Waals surface area contributed by atoms with Crippen molar-refractivity contribution in [3.63, 3.8) is 0 Å². The number of hydrogen-bond donors (Lipinski definition) is 1. The molecule has 0 radical (unpaired) electrons. The van der Waals surface area contributed by atoms with E-state index in [1.54, 1.807) is 13.8 Å². The molecule has 0 bridgehead atoms. The highest BCUT2D eigenvalue weighted by Crippen LogP contribution is 2.16. The molecule has 0 aromatic carbocycles. The van der Waals surface area contributed by atoms with Crippen LogP contribution in [0, 0.1) is 0 Å². The Morgan fingerprint density at radius 1 is 0.808 bits per heavy atom. The molecule has 0 aliphatic rings. The van der Waals surface area contributed by atoms with E-state index in [0.29, 0.717) is 25.7 Å². The van der Waals surface area contributed by atoms with Crippen LogP contribution in [-0.4, -0.2) is 42.0 Å². The SMILES string of the molecule is CCCCCC(OC(=O)CC)C(O)CCCCC(=O)OCOC(=O)CC. The second-order valence-corrected chi connectivity index (χ2v) is 6.19. The van der Waals surface area contributed by atoms with Crippen LogP contribution in [0.15, 0.2) is 0 Å². The van der Waals surface area contributed by atoms with Gasteiger partial charge in [0.05, 0.1) is 6.10 Å². The third-order valence-electron chi connectivity index (χ3n) is 3.95. The van der Waals surface area contributed by atoms with Gasteiger partial charge < -0.3 is 19.3 Å². The zero-order valence-corrected chi connectivity index (χ0v) is 16.3. The first-order valence-corrected chi connectivity index (χ1v) is 9.63. The number of ether oxygens (including phenoxy) is 3. The van der Waals surface area contributed by atoms with Crippen LogP contribution in [0.4, 0.5) is 0 Å². The summed E-state index contributed by atoms with van der Waals surface area (Å²) in [6.07, 6.45) is 4.71. The van der Waals surface area contributed by atoms with Crippen molar-refractivity contribution in [2.24, 2.45) is 0 Å². The maximum Gasteiger partial charge on any atom is 0.308 e. The molecule has 26 heavy (non-hydrogen) atoms. The monoisotopic (exact) mass is 374 g/mol. The third kappa shape index (κ3) is 12.7.